The highest BCUT2D eigenvalue weighted by Gasteiger charge is 2.16. The molecule has 0 aliphatic carbocycles. The van der Waals surface area contributed by atoms with Crippen molar-refractivity contribution >= 4 is 15.6 Å². The van der Waals surface area contributed by atoms with Crippen LogP contribution in [0.15, 0.2) is 23.8 Å². The van der Waals surface area contributed by atoms with Gasteiger partial charge < -0.3 is 9.79 Å². The van der Waals surface area contributed by atoms with Crippen LogP contribution in [0.5, 0.6) is 0 Å². The van der Waals surface area contributed by atoms with Crippen molar-refractivity contribution in [1.29, 1.82) is 0 Å². The van der Waals surface area contributed by atoms with E-state index in [9.17, 15) is 9.13 Å². The van der Waals surface area contributed by atoms with E-state index >= 15 is 0 Å². The summed E-state index contributed by atoms with van der Waals surface area (Å²) in [5.74, 6) is 0.527. The Bertz CT molecular complexity index is 249. The van der Waals surface area contributed by atoms with Crippen LogP contribution in [0.2, 0.25) is 0 Å². The lowest BCUT2D eigenvalue weighted by atomic mass is 10.6. The lowest BCUT2D eigenvalue weighted by molar-refractivity contribution is 0.386. The van der Waals surface area contributed by atoms with E-state index in [4.69, 9.17) is 14.7 Å². The minimum Gasteiger partial charge on any atom is -0.321 e. The van der Waals surface area contributed by atoms with Gasteiger partial charge in [-0.3, -0.25) is 4.57 Å². The molecule has 62 valence electrons. The Morgan fingerprint density at radius 1 is 1.55 bits per heavy atom. The zero-order valence-corrected chi connectivity index (χ0v) is 7.20. The molecule has 11 heavy (non-hydrogen) atoms. The molecule has 0 bridgehead atoms. The van der Waals surface area contributed by atoms with Gasteiger partial charge in [-0.2, -0.15) is 4.89 Å². The van der Waals surface area contributed by atoms with Gasteiger partial charge in [0.2, 0.25) is 5.31 Å². The van der Waals surface area contributed by atoms with Crippen LogP contribution in [0.1, 0.15) is 0 Å². The highest BCUT2D eigenvalue weighted by atomic mass is 31.2. The number of hydrogen-bond acceptors (Lipinski definition) is 2. The van der Waals surface area contributed by atoms with Crippen LogP contribution in [-0.4, -0.2) is 14.7 Å². The molecule has 0 aromatic carbocycles. The van der Waals surface area contributed by atoms with Crippen molar-refractivity contribution in [2.45, 2.75) is 0 Å². The summed E-state index contributed by atoms with van der Waals surface area (Å²) in [5, 5.41) is -0.219. The molecule has 5 nitrogen and oxygen atoms in total. The second-order valence-electron chi connectivity index (χ2n) is 1.67. The predicted molar refractivity (Wildman–Crippen MR) is 40.1 cm³/mol. The summed E-state index contributed by atoms with van der Waals surface area (Å²) in [4.78, 5) is 24.8. The molecular formula is C4H7O5P2+. The van der Waals surface area contributed by atoms with Gasteiger partial charge in [-0.1, -0.05) is 0 Å². The lowest BCUT2D eigenvalue weighted by Crippen LogP contribution is -1.70. The Hall–Kier alpha value is -0.310. The second-order valence-corrected chi connectivity index (χ2v) is 4.27. The van der Waals surface area contributed by atoms with Gasteiger partial charge in [-0.25, -0.2) is 0 Å². The fourth-order valence-electron chi connectivity index (χ4n) is 0.247. The van der Waals surface area contributed by atoms with Crippen molar-refractivity contribution in [3.63, 3.8) is 0 Å². The fraction of sp³-hybridized carbons (Fsp3) is 0. The fourth-order valence-corrected chi connectivity index (χ4v) is 0.941. The molecule has 1 unspecified atom stereocenters. The first-order chi connectivity index (χ1) is 4.83. The largest absolute Gasteiger partial charge is 0.545 e. The van der Waals surface area contributed by atoms with Crippen LogP contribution in [-0.2, 0) is 9.13 Å². The summed E-state index contributed by atoms with van der Waals surface area (Å²) >= 11 is 0. The number of allylic oxidation sites excluding steroid dienone is 2. The van der Waals surface area contributed by atoms with Crippen molar-refractivity contribution in [1.82, 2.24) is 0 Å². The third kappa shape index (κ3) is 6.10. The highest BCUT2D eigenvalue weighted by molar-refractivity contribution is 7.55. The molecule has 0 heterocycles. The zero-order chi connectivity index (χ0) is 9.07. The molecule has 0 aromatic rings. The van der Waals surface area contributed by atoms with Gasteiger partial charge in [-0.15, -0.1) is 0 Å². The van der Waals surface area contributed by atoms with Crippen molar-refractivity contribution in [3.8, 4) is 0 Å². The molecule has 0 aliphatic rings. The molecule has 3 N–H and O–H groups in total. The molecular weight excluding hydrogens is 190 g/mol. The SMILES string of the molecule is C=C(C=CP(=O)(O)O)[P+](=O)O. The molecule has 0 aromatic heterocycles. The van der Waals surface area contributed by atoms with E-state index in [1.54, 1.807) is 0 Å². The quantitative estimate of drug-likeness (QED) is 0.462. The molecule has 0 saturated heterocycles. The van der Waals surface area contributed by atoms with Gasteiger partial charge in [0.1, 0.15) is 0 Å². The molecule has 7 heteroatoms. The smallest absolute Gasteiger partial charge is 0.321 e. The average molecular weight is 197 g/mol. The van der Waals surface area contributed by atoms with E-state index in [1.807, 2.05) is 0 Å². The summed E-state index contributed by atoms with van der Waals surface area (Å²) < 4.78 is 20.3. The molecule has 0 amide bonds. The van der Waals surface area contributed by atoms with Crippen molar-refractivity contribution in [2.24, 2.45) is 0 Å². The Balaban J connectivity index is 4.28. The second kappa shape index (κ2) is 3.90. The highest BCUT2D eigenvalue weighted by Crippen LogP contribution is 2.38. The van der Waals surface area contributed by atoms with E-state index in [1.165, 1.54) is 0 Å². The minimum atomic E-state index is -4.24. The maximum Gasteiger partial charge on any atom is 0.545 e. The van der Waals surface area contributed by atoms with Gasteiger partial charge in [-0.05, 0) is 11.1 Å². The molecule has 0 spiro atoms. The first-order valence-electron chi connectivity index (χ1n) is 2.42. The topological polar surface area (TPSA) is 94.8 Å². The van der Waals surface area contributed by atoms with Gasteiger partial charge in [0.15, 0.2) is 0 Å². The van der Waals surface area contributed by atoms with E-state index in [2.05, 4.69) is 6.58 Å². The average Bonchev–Trinajstić information content (AvgIpc) is 1.80. The van der Waals surface area contributed by atoms with Crippen LogP contribution in [0.25, 0.3) is 0 Å². The molecule has 0 saturated carbocycles. The molecule has 0 aliphatic heterocycles. The standard InChI is InChI=1S/C4H6O5P2/c1-4(10(5)6)2-3-11(7,8)9/h2-3H,1H2,(H2-,5,6,7,8,9)/p+1. The van der Waals surface area contributed by atoms with Gasteiger partial charge in [0, 0.05) is 11.9 Å². The predicted octanol–water partition coefficient (Wildman–Crippen LogP) is 0.926. The van der Waals surface area contributed by atoms with Crippen molar-refractivity contribution < 1.29 is 23.8 Å². The van der Waals surface area contributed by atoms with Gasteiger partial charge in [0.05, 0.1) is 0 Å². The van der Waals surface area contributed by atoms with Gasteiger partial charge in [0.25, 0.3) is 0 Å². The van der Waals surface area contributed by atoms with Crippen LogP contribution >= 0.6 is 15.6 Å². The van der Waals surface area contributed by atoms with Gasteiger partial charge >= 0.3 is 15.6 Å². The Morgan fingerprint density at radius 2 is 2.00 bits per heavy atom. The third-order valence-corrected chi connectivity index (χ3v) is 1.88. The summed E-state index contributed by atoms with van der Waals surface area (Å²) in [7, 11) is -6.83. The molecule has 0 rings (SSSR count). The maximum absolute atomic E-state index is 10.2. The summed E-state index contributed by atoms with van der Waals surface area (Å²) in [6.45, 7) is 3.09. The van der Waals surface area contributed by atoms with Crippen LogP contribution in [0.4, 0.5) is 0 Å². The Labute approximate surface area is 64.1 Å². The first-order valence-corrected chi connectivity index (χ1v) is 5.32. The molecule has 1 atom stereocenters. The summed E-state index contributed by atoms with van der Waals surface area (Å²) in [6, 6.07) is 0. The normalized spacial score (nSPS) is 13.5. The molecule has 0 fully saturated rings. The minimum absolute atomic E-state index is 0.219. The third-order valence-electron chi connectivity index (χ3n) is 0.707. The summed E-state index contributed by atoms with van der Waals surface area (Å²) in [6.07, 6.45) is 0.833. The Kier molecular flexibility index (Phi) is 3.79. The Morgan fingerprint density at radius 3 is 2.27 bits per heavy atom. The van der Waals surface area contributed by atoms with E-state index in [0.29, 0.717) is 5.82 Å². The first kappa shape index (κ1) is 10.7. The van der Waals surface area contributed by atoms with Crippen LogP contribution in [0.3, 0.4) is 0 Å². The van der Waals surface area contributed by atoms with Crippen molar-refractivity contribution in [3.05, 3.63) is 23.8 Å². The van der Waals surface area contributed by atoms with Crippen molar-refractivity contribution in [2.75, 3.05) is 0 Å². The van der Waals surface area contributed by atoms with E-state index in [0.717, 1.165) is 6.08 Å². The lowest BCUT2D eigenvalue weighted by Gasteiger charge is -1.90. The zero-order valence-electron chi connectivity index (χ0n) is 5.41. The van der Waals surface area contributed by atoms with E-state index < -0.39 is 15.6 Å². The molecule has 0 radical (unpaired) electrons. The monoisotopic (exact) mass is 197 g/mol. The van der Waals surface area contributed by atoms with Crippen LogP contribution < -0.4 is 0 Å². The van der Waals surface area contributed by atoms with Crippen LogP contribution in [0, 0.1) is 0 Å². The number of hydrogen-bond donors (Lipinski definition) is 3. The van der Waals surface area contributed by atoms with E-state index in [-0.39, 0.29) is 5.31 Å². The summed E-state index contributed by atoms with van der Waals surface area (Å²) in [5.41, 5.74) is 0. The number of rotatable bonds is 3. The maximum atomic E-state index is 10.2.